The maximum absolute atomic E-state index is 12.8. The second-order valence-electron chi connectivity index (χ2n) is 6.25. The summed E-state index contributed by atoms with van der Waals surface area (Å²) in [5.41, 5.74) is 1.50. The first-order chi connectivity index (χ1) is 12.2. The molecule has 2 amide bonds. The maximum atomic E-state index is 12.8. The van der Waals surface area contributed by atoms with Crippen LogP contribution in [0.3, 0.4) is 0 Å². The van der Waals surface area contributed by atoms with Gasteiger partial charge in [0.05, 0.1) is 6.54 Å². The lowest BCUT2D eigenvalue weighted by atomic mass is 10.0. The van der Waals surface area contributed by atoms with Crippen molar-refractivity contribution < 1.29 is 14.3 Å². The van der Waals surface area contributed by atoms with Crippen LogP contribution in [0.4, 0.5) is 4.79 Å². The van der Waals surface area contributed by atoms with Gasteiger partial charge in [0, 0.05) is 30.4 Å². The number of hydrogen-bond donors (Lipinski definition) is 0. The van der Waals surface area contributed by atoms with Gasteiger partial charge in [-0.3, -0.25) is 9.36 Å². The Bertz CT molecular complexity index is 768. The lowest BCUT2D eigenvalue weighted by molar-refractivity contribution is 0.0658. The minimum absolute atomic E-state index is 0.0115. The summed E-state index contributed by atoms with van der Waals surface area (Å²) in [7, 11) is 0. The highest BCUT2D eigenvalue weighted by molar-refractivity contribution is 5.94. The van der Waals surface area contributed by atoms with Crippen LogP contribution in [0.5, 0.6) is 0 Å². The van der Waals surface area contributed by atoms with Crippen LogP contribution in [0.2, 0.25) is 0 Å². The molecule has 25 heavy (non-hydrogen) atoms. The fourth-order valence-corrected chi connectivity index (χ4v) is 3.43. The van der Waals surface area contributed by atoms with Gasteiger partial charge in [-0.2, -0.15) is 0 Å². The average Bonchev–Trinajstić information content (AvgIpc) is 3.33. The molecule has 4 rings (SSSR count). The molecule has 0 spiro atoms. The first-order valence-electron chi connectivity index (χ1n) is 8.40. The molecule has 2 aromatic rings. The fraction of sp³-hybridized carbons (Fsp3) is 0.412. The van der Waals surface area contributed by atoms with Crippen molar-refractivity contribution in [1.29, 1.82) is 0 Å². The second-order valence-corrected chi connectivity index (χ2v) is 6.25. The highest BCUT2D eigenvalue weighted by atomic mass is 16.6. The molecule has 0 atom stereocenters. The van der Waals surface area contributed by atoms with E-state index in [2.05, 4.69) is 10.2 Å². The number of amides is 2. The molecule has 2 fully saturated rings. The van der Waals surface area contributed by atoms with E-state index < -0.39 is 0 Å². The monoisotopic (exact) mass is 341 g/mol. The number of likely N-dealkylation sites (tertiary alicyclic amines) is 1. The molecule has 2 saturated heterocycles. The van der Waals surface area contributed by atoms with E-state index in [0.717, 1.165) is 18.5 Å². The van der Waals surface area contributed by atoms with Crippen LogP contribution in [-0.4, -0.2) is 68.8 Å². The van der Waals surface area contributed by atoms with E-state index in [4.69, 9.17) is 4.74 Å². The molecule has 0 saturated carbocycles. The molecule has 0 radical (unpaired) electrons. The summed E-state index contributed by atoms with van der Waals surface area (Å²) < 4.78 is 6.77. The number of cyclic esters (lactones) is 1. The van der Waals surface area contributed by atoms with Crippen LogP contribution >= 0.6 is 0 Å². The largest absolute Gasteiger partial charge is 0.448 e. The predicted octanol–water partition coefficient (Wildman–Crippen LogP) is 1.32. The molecule has 0 unspecified atom stereocenters. The van der Waals surface area contributed by atoms with Gasteiger partial charge in [0.1, 0.15) is 19.3 Å². The van der Waals surface area contributed by atoms with Gasteiger partial charge in [0.15, 0.2) is 0 Å². The van der Waals surface area contributed by atoms with Crippen molar-refractivity contribution in [3.05, 3.63) is 42.5 Å². The number of ether oxygens (including phenoxy) is 1. The number of piperidine rings is 1. The number of hydrogen-bond acceptors (Lipinski definition) is 5. The van der Waals surface area contributed by atoms with Crippen LogP contribution in [0.15, 0.2) is 36.9 Å². The molecule has 0 N–H and O–H groups in total. The van der Waals surface area contributed by atoms with Crippen molar-refractivity contribution in [2.24, 2.45) is 0 Å². The molecule has 3 heterocycles. The normalized spacial score (nSPS) is 18.5. The van der Waals surface area contributed by atoms with Crippen LogP contribution < -0.4 is 0 Å². The van der Waals surface area contributed by atoms with Gasteiger partial charge in [-0.15, -0.1) is 10.2 Å². The van der Waals surface area contributed by atoms with Crippen molar-refractivity contribution in [2.45, 2.75) is 18.9 Å². The summed E-state index contributed by atoms with van der Waals surface area (Å²) in [6.07, 6.45) is 4.54. The van der Waals surface area contributed by atoms with Crippen LogP contribution in [0.1, 0.15) is 23.2 Å². The topological polar surface area (TPSA) is 80.6 Å². The van der Waals surface area contributed by atoms with E-state index in [-0.39, 0.29) is 18.0 Å². The second kappa shape index (κ2) is 6.54. The van der Waals surface area contributed by atoms with E-state index >= 15 is 0 Å². The third-order valence-corrected chi connectivity index (χ3v) is 4.79. The van der Waals surface area contributed by atoms with Gasteiger partial charge >= 0.3 is 6.09 Å². The summed E-state index contributed by atoms with van der Waals surface area (Å²) in [6, 6.07) is 7.60. The molecule has 0 aliphatic carbocycles. The SMILES string of the molecule is O=C(c1cccc(-n2cnnc2)c1)N1CCC(N2CCOC2=O)CC1. The summed E-state index contributed by atoms with van der Waals surface area (Å²) in [5, 5.41) is 7.58. The standard InChI is InChI=1S/C17H19N5O3/c23-16(13-2-1-3-15(10-13)21-11-18-19-12-21)20-6-4-14(5-7-20)22-8-9-25-17(22)24/h1-3,10-12,14H,4-9H2. The Morgan fingerprint density at radius 3 is 2.56 bits per heavy atom. The minimum atomic E-state index is -0.230. The summed E-state index contributed by atoms with van der Waals surface area (Å²) in [5.74, 6) is 0.0115. The predicted molar refractivity (Wildman–Crippen MR) is 88.3 cm³/mol. The number of carbonyl (C=O) groups is 2. The Kier molecular flexibility index (Phi) is 4.09. The molecule has 2 aliphatic heterocycles. The maximum Gasteiger partial charge on any atom is 0.410 e. The van der Waals surface area contributed by atoms with Crippen LogP contribution in [-0.2, 0) is 4.74 Å². The molecular formula is C17H19N5O3. The highest BCUT2D eigenvalue weighted by Gasteiger charge is 2.33. The third kappa shape index (κ3) is 3.07. The van der Waals surface area contributed by atoms with Crippen molar-refractivity contribution >= 4 is 12.0 Å². The van der Waals surface area contributed by atoms with Gasteiger partial charge in [-0.25, -0.2) is 4.79 Å². The lowest BCUT2D eigenvalue weighted by Gasteiger charge is -2.35. The Morgan fingerprint density at radius 1 is 1.12 bits per heavy atom. The summed E-state index contributed by atoms with van der Waals surface area (Å²) >= 11 is 0. The van der Waals surface area contributed by atoms with Crippen LogP contribution in [0.25, 0.3) is 5.69 Å². The average molecular weight is 341 g/mol. The zero-order valence-electron chi connectivity index (χ0n) is 13.7. The van der Waals surface area contributed by atoms with Gasteiger partial charge in [-0.1, -0.05) is 6.07 Å². The number of nitrogens with zero attached hydrogens (tertiary/aromatic N) is 5. The molecule has 1 aromatic heterocycles. The quantitative estimate of drug-likeness (QED) is 0.841. The highest BCUT2D eigenvalue weighted by Crippen LogP contribution is 2.21. The molecule has 1 aromatic carbocycles. The summed E-state index contributed by atoms with van der Waals surface area (Å²) in [6.45, 7) is 2.40. The minimum Gasteiger partial charge on any atom is -0.448 e. The van der Waals surface area contributed by atoms with Crippen molar-refractivity contribution in [3.63, 3.8) is 0 Å². The van der Waals surface area contributed by atoms with Crippen molar-refractivity contribution in [2.75, 3.05) is 26.2 Å². The molecule has 0 bridgehead atoms. The van der Waals surface area contributed by atoms with Crippen molar-refractivity contribution in [3.8, 4) is 5.69 Å². The van der Waals surface area contributed by atoms with Crippen molar-refractivity contribution in [1.82, 2.24) is 24.6 Å². The van der Waals surface area contributed by atoms with Crippen LogP contribution in [0, 0.1) is 0 Å². The molecule has 8 nitrogen and oxygen atoms in total. The molecule has 2 aliphatic rings. The van der Waals surface area contributed by atoms with E-state index in [1.165, 1.54) is 0 Å². The smallest absolute Gasteiger partial charge is 0.410 e. The number of aromatic nitrogens is 3. The van der Waals surface area contributed by atoms with E-state index in [0.29, 0.717) is 31.8 Å². The third-order valence-electron chi connectivity index (χ3n) is 4.79. The van der Waals surface area contributed by atoms with E-state index in [1.54, 1.807) is 22.1 Å². The van der Waals surface area contributed by atoms with Gasteiger partial charge in [0.25, 0.3) is 5.91 Å². The lowest BCUT2D eigenvalue weighted by Crippen LogP contribution is -2.47. The van der Waals surface area contributed by atoms with Gasteiger partial charge in [0.2, 0.25) is 0 Å². The van der Waals surface area contributed by atoms with Gasteiger partial charge < -0.3 is 14.5 Å². The number of benzene rings is 1. The van der Waals surface area contributed by atoms with Gasteiger partial charge in [-0.05, 0) is 31.0 Å². The Balaban J connectivity index is 1.42. The Hall–Kier alpha value is -2.90. The fourth-order valence-electron chi connectivity index (χ4n) is 3.43. The zero-order chi connectivity index (χ0) is 17.2. The zero-order valence-corrected chi connectivity index (χ0v) is 13.7. The van der Waals surface area contributed by atoms with E-state index in [1.807, 2.05) is 29.2 Å². The Labute approximate surface area is 145 Å². The number of rotatable bonds is 3. The first kappa shape index (κ1) is 15.6. The molecule has 8 heteroatoms. The Morgan fingerprint density at radius 2 is 1.88 bits per heavy atom. The van der Waals surface area contributed by atoms with E-state index in [9.17, 15) is 9.59 Å². The molecule has 130 valence electrons. The molecular weight excluding hydrogens is 322 g/mol. The number of carbonyl (C=O) groups excluding carboxylic acids is 2. The first-order valence-corrected chi connectivity index (χ1v) is 8.40. The summed E-state index contributed by atoms with van der Waals surface area (Å²) in [4.78, 5) is 28.1.